The minimum absolute atomic E-state index is 0.326. The predicted molar refractivity (Wildman–Crippen MR) is 88.3 cm³/mol. The quantitative estimate of drug-likeness (QED) is 0.790. The second-order valence-electron chi connectivity index (χ2n) is 5.18. The standard InChI is InChI=1S/C17H20ClFN2O/c1-22-8-7-21(11-13-3-2-4-16(20)9-13)12-14-5-6-15(19)10-17(14)18/h2-6,9-10H,7-8,11-12,20H2,1H3. The van der Waals surface area contributed by atoms with Gasteiger partial charge >= 0.3 is 0 Å². The third-order valence-corrected chi connectivity index (χ3v) is 3.73. The van der Waals surface area contributed by atoms with E-state index < -0.39 is 0 Å². The molecule has 2 aromatic carbocycles. The number of anilines is 1. The van der Waals surface area contributed by atoms with Gasteiger partial charge in [0.15, 0.2) is 0 Å². The van der Waals surface area contributed by atoms with Crippen LogP contribution in [0.3, 0.4) is 0 Å². The molecule has 0 aliphatic heterocycles. The molecule has 0 unspecified atom stereocenters. The summed E-state index contributed by atoms with van der Waals surface area (Å²) in [6.07, 6.45) is 0. The van der Waals surface area contributed by atoms with Gasteiger partial charge in [-0.25, -0.2) is 4.39 Å². The number of hydrogen-bond donors (Lipinski definition) is 1. The Labute approximate surface area is 135 Å². The van der Waals surface area contributed by atoms with Crippen LogP contribution in [0.1, 0.15) is 11.1 Å². The van der Waals surface area contributed by atoms with Crippen molar-refractivity contribution in [3.8, 4) is 0 Å². The molecule has 5 heteroatoms. The van der Waals surface area contributed by atoms with E-state index >= 15 is 0 Å². The summed E-state index contributed by atoms with van der Waals surface area (Å²) in [5.41, 5.74) is 8.57. The van der Waals surface area contributed by atoms with Crippen molar-refractivity contribution in [1.29, 1.82) is 0 Å². The average molecular weight is 323 g/mol. The van der Waals surface area contributed by atoms with E-state index in [2.05, 4.69) is 4.90 Å². The van der Waals surface area contributed by atoms with Crippen molar-refractivity contribution in [3.05, 3.63) is 64.4 Å². The van der Waals surface area contributed by atoms with Gasteiger partial charge in [-0.3, -0.25) is 4.90 Å². The van der Waals surface area contributed by atoms with Gasteiger partial charge in [0.05, 0.1) is 6.61 Å². The average Bonchev–Trinajstić information content (AvgIpc) is 2.47. The second-order valence-corrected chi connectivity index (χ2v) is 5.59. The number of ether oxygens (including phenoxy) is 1. The van der Waals surface area contributed by atoms with E-state index in [9.17, 15) is 4.39 Å². The number of methoxy groups -OCH3 is 1. The summed E-state index contributed by atoms with van der Waals surface area (Å²) in [6.45, 7) is 2.71. The molecule has 0 heterocycles. The Morgan fingerprint density at radius 2 is 2.00 bits per heavy atom. The lowest BCUT2D eigenvalue weighted by atomic mass is 10.1. The van der Waals surface area contributed by atoms with Crippen LogP contribution >= 0.6 is 11.6 Å². The molecule has 2 N–H and O–H groups in total. The molecule has 0 aliphatic rings. The highest BCUT2D eigenvalue weighted by molar-refractivity contribution is 6.31. The molecule has 0 aliphatic carbocycles. The maximum Gasteiger partial charge on any atom is 0.124 e. The highest BCUT2D eigenvalue weighted by Crippen LogP contribution is 2.20. The first kappa shape index (κ1) is 16.7. The number of benzene rings is 2. The lowest BCUT2D eigenvalue weighted by Gasteiger charge is -2.23. The van der Waals surface area contributed by atoms with Crippen molar-refractivity contribution in [1.82, 2.24) is 4.90 Å². The van der Waals surface area contributed by atoms with Crippen molar-refractivity contribution in [2.45, 2.75) is 13.1 Å². The molecule has 0 fully saturated rings. The number of nitrogen functional groups attached to an aromatic ring is 1. The molecule has 0 radical (unpaired) electrons. The van der Waals surface area contributed by atoms with Crippen LogP contribution in [0.2, 0.25) is 5.02 Å². The van der Waals surface area contributed by atoms with Gasteiger partial charge in [0, 0.05) is 37.5 Å². The fourth-order valence-corrected chi connectivity index (χ4v) is 2.50. The Balaban J connectivity index is 2.11. The summed E-state index contributed by atoms with van der Waals surface area (Å²) in [6, 6.07) is 12.3. The zero-order valence-electron chi connectivity index (χ0n) is 12.6. The Bertz CT molecular complexity index is 621. The molecule has 3 nitrogen and oxygen atoms in total. The van der Waals surface area contributed by atoms with E-state index in [0.29, 0.717) is 18.2 Å². The zero-order chi connectivity index (χ0) is 15.9. The van der Waals surface area contributed by atoms with Gasteiger partial charge in [-0.1, -0.05) is 29.8 Å². The summed E-state index contributed by atoms with van der Waals surface area (Å²) in [5.74, 6) is -0.326. The number of halogens is 2. The van der Waals surface area contributed by atoms with Crippen LogP contribution in [0.15, 0.2) is 42.5 Å². The third-order valence-electron chi connectivity index (χ3n) is 3.38. The fourth-order valence-electron chi connectivity index (χ4n) is 2.27. The molecule has 22 heavy (non-hydrogen) atoms. The van der Waals surface area contributed by atoms with Gasteiger partial charge in [0.25, 0.3) is 0 Å². The molecule has 0 bridgehead atoms. The van der Waals surface area contributed by atoms with Crippen LogP contribution in [0, 0.1) is 5.82 Å². The topological polar surface area (TPSA) is 38.5 Å². The monoisotopic (exact) mass is 322 g/mol. The zero-order valence-corrected chi connectivity index (χ0v) is 13.3. The molecule has 0 aromatic heterocycles. The van der Waals surface area contributed by atoms with Crippen molar-refractivity contribution in [2.24, 2.45) is 0 Å². The first-order valence-corrected chi connectivity index (χ1v) is 7.46. The smallest absolute Gasteiger partial charge is 0.124 e. The van der Waals surface area contributed by atoms with Gasteiger partial charge in [-0.05, 0) is 35.4 Å². The van der Waals surface area contributed by atoms with E-state index in [1.54, 1.807) is 13.2 Å². The maximum absolute atomic E-state index is 13.1. The van der Waals surface area contributed by atoms with Crippen molar-refractivity contribution in [3.63, 3.8) is 0 Å². The molecule has 0 saturated carbocycles. The minimum Gasteiger partial charge on any atom is -0.399 e. The minimum atomic E-state index is -0.326. The number of hydrogen-bond acceptors (Lipinski definition) is 3. The lowest BCUT2D eigenvalue weighted by molar-refractivity contribution is 0.140. The summed E-state index contributed by atoms with van der Waals surface area (Å²) < 4.78 is 18.3. The second kappa shape index (κ2) is 8.13. The van der Waals surface area contributed by atoms with E-state index in [1.165, 1.54) is 12.1 Å². The van der Waals surface area contributed by atoms with E-state index in [1.807, 2.05) is 24.3 Å². The first-order valence-electron chi connectivity index (χ1n) is 7.08. The summed E-state index contributed by atoms with van der Waals surface area (Å²) in [5, 5.41) is 0.440. The van der Waals surface area contributed by atoms with Gasteiger partial charge < -0.3 is 10.5 Å². The van der Waals surface area contributed by atoms with Crippen molar-refractivity contribution >= 4 is 17.3 Å². The highest BCUT2D eigenvalue weighted by Gasteiger charge is 2.10. The molecule has 0 spiro atoms. The molecule has 2 aromatic rings. The lowest BCUT2D eigenvalue weighted by Crippen LogP contribution is -2.26. The Morgan fingerprint density at radius 3 is 2.68 bits per heavy atom. The normalized spacial score (nSPS) is 11.1. The van der Waals surface area contributed by atoms with Gasteiger partial charge in [-0.15, -0.1) is 0 Å². The Morgan fingerprint density at radius 1 is 1.18 bits per heavy atom. The first-order chi connectivity index (χ1) is 10.6. The van der Waals surface area contributed by atoms with Crippen LogP contribution in [0.4, 0.5) is 10.1 Å². The molecule has 2 rings (SSSR count). The Hall–Kier alpha value is -1.62. The molecule has 118 valence electrons. The number of rotatable bonds is 7. The number of nitrogens with zero attached hydrogens (tertiary/aromatic N) is 1. The molecular formula is C17H20ClFN2O. The van der Waals surface area contributed by atoms with Crippen molar-refractivity contribution < 1.29 is 9.13 Å². The van der Waals surface area contributed by atoms with Crippen LogP contribution in [0.5, 0.6) is 0 Å². The Kier molecular flexibility index (Phi) is 6.19. The number of nitrogens with two attached hydrogens (primary N) is 1. The van der Waals surface area contributed by atoms with Crippen LogP contribution in [-0.2, 0) is 17.8 Å². The molecular weight excluding hydrogens is 303 g/mol. The predicted octanol–water partition coefficient (Wildman–Crippen LogP) is 3.71. The van der Waals surface area contributed by atoms with E-state index in [4.69, 9.17) is 22.1 Å². The van der Waals surface area contributed by atoms with Gasteiger partial charge in [-0.2, -0.15) is 0 Å². The fraction of sp³-hybridized carbons (Fsp3) is 0.294. The van der Waals surface area contributed by atoms with Crippen LogP contribution < -0.4 is 5.73 Å². The van der Waals surface area contributed by atoms with E-state index in [-0.39, 0.29) is 5.82 Å². The largest absolute Gasteiger partial charge is 0.399 e. The molecule has 0 atom stereocenters. The summed E-state index contributed by atoms with van der Waals surface area (Å²) >= 11 is 6.12. The molecule has 0 saturated heterocycles. The summed E-state index contributed by atoms with van der Waals surface area (Å²) in [7, 11) is 1.67. The summed E-state index contributed by atoms with van der Waals surface area (Å²) in [4.78, 5) is 2.19. The van der Waals surface area contributed by atoms with Crippen molar-refractivity contribution in [2.75, 3.05) is 26.0 Å². The highest BCUT2D eigenvalue weighted by atomic mass is 35.5. The van der Waals surface area contributed by atoms with Crippen LogP contribution in [0.25, 0.3) is 0 Å². The van der Waals surface area contributed by atoms with E-state index in [0.717, 1.165) is 29.9 Å². The third kappa shape index (κ3) is 4.98. The SMILES string of the molecule is COCCN(Cc1cccc(N)c1)Cc1ccc(F)cc1Cl. The van der Waals surface area contributed by atoms with Gasteiger partial charge in [0.1, 0.15) is 5.82 Å². The van der Waals surface area contributed by atoms with Crippen LogP contribution in [-0.4, -0.2) is 25.2 Å². The van der Waals surface area contributed by atoms with Gasteiger partial charge in [0.2, 0.25) is 0 Å². The maximum atomic E-state index is 13.1. The molecule has 0 amide bonds.